The van der Waals surface area contributed by atoms with Crippen molar-refractivity contribution in [1.29, 1.82) is 0 Å². The predicted molar refractivity (Wildman–Crippen MR) is 117 cm³/mol. The molecule has 0 aliphatic carbocycles. The average Bonchev–Trinajstić information content (AvgIpc) is 3.10. The van der Waals surface area contributed by atoms with Crippen LogP contribution in [0.25, 0.3) is 27.9 Å². The van der Waals surface area contributed by atoms with Crippen molar-refractivity contribution in [1.82, 2.24) is 15.3 Å². The molecule has 0 spiro atoms. The first-order valence-corrected chi connectivity index (χ1v) is 9.69. The van der Waals surface area contributed by atoms with E-state index in [0.29, 0.717) is 18.2 Å². The van der Waals surface area contributed by atoms with Gasteiger partial charge in [0.25, 0.3) is 0 Å². The standard InChI is InChI=1S/C23H20ClN3O2/c1-15-23-19(10-11-25-15)20-14-18(7-8-21(20)27-23)29-13-12-26-22(28)9-4-16-2-5-17(24)6-3-16/h2-11,14,27H,12-13H2,1H3,(H,26,28)/b9-4+. The number of ether oxygens (including phenoxy) is 1. The van der Waals surface area contributed by atoms with Crippen LogP contribution in [0.3, 0.4) is 0 Å². The minimum Gasteiger partial charge on any atom is -0.492 e. The minimum atomic E-state index is -0.168. The number of aromatic amines is 1. The number of carbonyl (C=O) groups is 1. The highest BCUT2D eigenvalue weighted by molar-refractivity contribution is 6.30. The molecule has 2 aromatic carbocycles. The third-order valence-electron chi connectivity index (χ3n) is 4.65. The topological polar surface area (TPSA) is 67.0 Å². The lowest BCUT2D eigenvalue weighted by Crippen LogP contribution is -2.26. The van der Waals surface area contributed by atoms with Gasteiger partial charge in [-0.15, -0.1) is 0 Å². The lowest BCUT2D eigenvalue weighted by Gasteiger charge is -2.07. The smallest absolute Gasteiger partial charge is 0.244 e. The summed E-state index contributed by atoms with van der Waals surface area (Å²) in [6.45, 7) is 2.78. The zero-order chi connectivity index (χ0) is 20.2. The maximum atomic E-state index is 11.9. The van der Waals surface area contributed by atoms with Crippen LogP contribution in [0.2, 0.25) is 5.02 Å². The van der Waals surface area contributed by atoms with Crippen molar-refractivity contribution in [3.05, 3.63) is 77.1 Å². The Balaban J connectivity index is 1.33. The molecule has 2 heterocycles. The molecule has 2 aromatic heterocycles. The molecule has 0 fully saturated rings. The summed E-state index contributed by atoms with van der Waals surface area (Å²) in [6.07, 6.45) is 5.05. The van der Waals surface area contributed by atoms with Gasteiger partial charge in [-0.25, -0.2) is 0 Å². The third kappa shape index (κ3) is 4.41. The molecule has 0 aliphatic rings. The lowest BCUT2D eigenvalue weighted by molar-refractivity contribution is -0.116. The number of benzene rings is 2. The Bertz CT molecular complexity index is 1200. The van der Waals surface area contributed by atoms with Crippen LogP contribution in [0.5, 0.6) is 5.75 Å². The van der Waals surface area contributed by atoms with Crippen LogP contribution in [-0.2, 0) is 4.79 Å². The third-order valence-corrected chi connectivity index (χ3v) is 4.90. The Labute approximate surface area is 173 Å². The van der Waals surface area contributed by atoms with Crippen LogP contribution >= 0.6 is 11.6 Å². The number of hydrogen-bond donors (Lipinski definition) is 2. The molecule has 29 heavy (non-hydrogen) atoms. The van der Waals surface area contributed by atoms with Gasteiger partial charge in [-0.05, 0) is 55.0 Å². The second-order valence-corrected chi connectivity index (χ2v) is 7.11. The van der Waals surface area contributed by atoms with Gasteiger partial charge >= 0.3 is 0 Å². The molecule has 0 saturated carbocycles. The molecular formula is C23H20ClN3O2. The van der Waals surface area contributed by atoms with Crippen LogP contribution < -0.4 is 10.1 Å². The van der Waals surface area contributed by atoms with Crippen molar-refractivity contribution in [3.8, 4) is 5.75 Å². The maximum Gasteiger partial charge on any atom is 0.244 e. The number of amides is 1. The Morgan fingerprint density at radius 3 is 2.83 bits per heavy atom. The van der Waals surface area contributed by atoms with Crippen LogP contribution in [0.15, 0.2) is 60.8 Å². The van der Waals surface area contributed by atoms with Crippen LogP contribution in [0.1, 0.15) is 11.3 Å². The maximum absolute atomic E-state index is 11.9. The quantitative estimate of drug-likeness (QED) is 0.354. The van der Waals surface area contributed by atoms with Crippen LogP contribution in [0, 0.1) is 6.92 Å². The number of pyridine rings is 1. The Hall–Kier alpha value is -3.31. The molecule has 146 valence electrons. The first kappa shape index (κ1) is 19.0. The molecule has 0 aliphatic heterocycles. The fourth-order valence-electron chi connectivity index (χ4n) is 3.18. The van der Waals surface area contributed by atoms with E-state index < -0.39 is 0 Å². The second kappa shape index (κ2) is 8.37. The number of aryl methyl sites for hydroxylation is 1. The SMILES string of the molecule is Cc1nccc2c1[nH]c1ccc(OCCNC(=O)/C=C/c3ccc(Cl)cc3)cc12. The summed E-state index contributed by atoms with van der Waals surface area (Å²) in [6, 6.07) is 15.2. The first-order chi connectivity index (χ1) is 14.1. The van der Waals surface area contributed by atoms with Crippen molar-refractivity contribution in [3.63, 3.8) is 0 Å². The van der Waals surface area contributed by atoms with Gasteiger partial charge in [-0.2, -0.15) is 0 Å². The summed E-state index contributed by atoms with van der Waals surface area (Å²) in [5.74, 6) is 0.595. The molecular weight excluding hydrogens is 386 g/mol. The van der Waals surface area contributed by atoms with Gasteiger partial charge in [0.05, 0.1) is 17.8 Å². The summed E-state index contributed by atoms with van der Waals surface area (Å²) in [5.41, 5.74) is 3.97. The molecule has 0 radical (unpaired) electrons. The van der Waals surface area contributed by atoms with Gasteiger partial charge in [0.2, 0.25) is 5.91 Å². The summed E-state index contributed by atoms with van der Waals surface area (Å²) in [7, 11) is 0. The van der Waals surface area contributed by atoms with E-state index in [1.807, 2.05) is 49.5 Å². The number of aromatic nitrogens is 2. The molecule has 0 saturated heterocycles. The van der Waals surface area contributed by atoms with E-state index in [4.69, 9.17) is 16.3 Å². The highest BCUT2D eigenvalue weighted by Gasteiger charge is 2.08. The van der Waals surface area contributed by atoms with Gasteiger partial charge in [-0.1, -0.05) is 23.7 Å². The second-order valence-electron chi connectivity index (χ2n) is 6.68. The van der Waals surface area contributed by atoms with Crippen molar-refractivity contribution in [2.24, 2.45) is 0 Å². The summed E-state index contributed by atoms with van der Waals surface area (Å²) in [4.78, 5) is 19.6. The van der Waals surface area contributed by atoms with Crippen molar-refractivity contribution >= 4 is 45.4 Å². The van der Waals surface area contributed by atoms with Crippen LogP contribution in [-0.4, -0.2) is 29.0 Å². The number of H-pyrrole nitrogens is 1. The fourth-order valence-corrected chi connectivity index (χ4v) is 3.30. The first-order valence-electron chi connectivity index (χ1n) is 9.31. The van der Waals surface area contributed by atoms with E-state index in [1.54, 1.807) is 18.2 Å². The zero-order valence-corrected chi connectivity index (χ0v) is 16.7. The number of nitrogens with one attached hydrogen (secondary N) is 2. The predicted octanol–water partition coefficient (Wildman–Crippen LogP) is 4.89. The normalized spacial score (nSPS) is 11.4. The number of fused-ring (bicyclic) bond motifs is 3. The fraction of sp³-hybridized carbons (Fsp3) is 0.130. The molecule has 0 unspecified atom stereocenters. The Morgan fingerprint density at radius 1 is 1.17 bits per heavy atom. The van der Waals surface area contributed by atoms with E-state index in [0.717, 1.165) is 38.8 Å². The molecule has 0 atom stereocenters. The van der Waals surface area contributed by atoms with Gasteiger partial charge in [-0.3, -0.25) is 9.78 Å². The molecule has 1 amide bonds. The molecule has 4 rings (SSSR count). The summed E-state index contributed by atoms with van der Waals surface area (Å²) >= 11 is 5.85. The van der Waals surface area contributed by atoms with E-state index >= 15 is 0 Å². The van der Waals surface area contributed by atoms with E-state index in [1.165, 1.54) is 6.08 Å². The van der Waals surface area contributed by atoms with Gasteiger partial charge in [0.15, 0.2) is 0 Å². The molecule has 2 N–H and O–H groups in total. The molecule has 5 nitrogen and oxygen atoms in total. The minimum absolute atomic E-state index is 0.168. The molecule has 6 heteroatoms. The van der Waals surface area contributed by atoms with E-state index in [2.05, 4.69) is 15.3 Å². The van der Waals surface area contributed by atoms with Crippen molar-refractivity contribution < 1.29 is 9.53 Å². The van der Waals surface area contributed by atoms with Gasteiger partial charge < -0.3 is 15.0 Å². The number of nitrogens with zero attached hydrogens (tertiary/aromatic N) is 1. The van der Waals surface area contributed by atoms with Crippen molar-refractivity contribution in [2.45, 2.75) is 6.92 Å². The Morgan fingerprint density at radius 2 is 2.00 bits per heavy atom. The van der Waals surface area contributed by atoms with Gasteiger partial charge in [0.1, 0.15) is 12.4 Å². The number of rotatable bonds is 6. The highest BCUT2D eigenvalue weighted by Crippen LogP contribution is 2.29. The van der Waals surface area contributed by atoms with Crippen molar-refractivity contribution in [2.75, 3.05) is 13.2 Å². The number of carbonyl (C=O) groups excluding carboxylic acids is 1. The molecule has 4 aromatic rings. The van der Waals surface area contributed by atoms with E-state index in [9.17, 15) is 4.79 Å². The summed E-state index contributed by atoms with van der Waals surface area (Å²) in [5, 5.41) is 5.70. The zero-order valence-electron chi connectivity index (χ0n) is 15.9. The van der Waals surface area contributed by atoms with Crippen LogP contribution in [0.4, 0.5) is 0 Å². The number of halogens is 1. The lowest BCUT2D eigenvalue weighted by atomic mass is 10.1. The largest absolute Gasteiger partial charge is 0.492 e. The van der Waals surface area contributed by atoms with Gasteiger partial charge in [0, 0.05) is 33.6 Å². The Kier molecular flexibility index (Phi) is 5.49. The highest BCUT2D eigenvalue weighted by atomic mass is 35.5. The molecule has 0 bridgehead atoms. The average molecular weight is 406 g/mol. The number of hydrogen-bond acceptors (Lipinski definition) is 3. The summed E-state index contributed by atoms with van der Waals surface area (Å²) < 4.78 is 5.81. The monoisotopic (exact) mass is 405 g/mol. The van der Waals surface area contributed by atoms with E-state index in [-0.39, 0.29) is 5.91 Å².